The number of aryl methyl sites for hydroxylation is 2. The summed E-state index contributed by atoms with van der Waals surface area (Å²) in [7, 11) is 0. The number of hydrogen-bond acceptors (Lipinski definition) is 3. The SMILES string of the molecule is CCNc1ccc(C(=O)Nc2ncc(Br)cc2C)cc1C. The molecule has 2 rings (SSSR count). The van der Waals surface area contributed by atoms with Crippen LogP contribution >= 0.6 is 15.9 Å². The number of carbonyl (C=O) groups is 1. The predicted molar refractivity (Wildman–Crippen MR) is 90.0 cm³/mol. The third-order valence-electron chi connectivity index (χ3n) is 3.13. The summed E-state index contributed by atoms with van der Waals surface area (Å²) in [5.74, 6) is 0.427. The molecule has 4 nitrogen and oxygen atoms in total. The standard InChI is InChI=1S/C16H18BrN3O/c1-4-18-14-6-5-12(7-10(14)2)16(21)20-15-11(3)8-13(17)9-19-15/h5-9,18H,4H2,1-3H3,(H,19,20,21). The molecule has 0 saturated carbocycles. The average Bonchev–Trinajstić information content (AvgIpc) is 2.44. The molecule has 0 fully saturated rings. The minimum atomic E-state index is -0.154. The van der Waals surface area contributed by atoms with Crippen molar-refractivity contribution >= 4 is 33.3 Å². The van der Waals surface area contributed by atoms with Gasteiger partial charge in [-0.25, -0.2) is 4.98 Å². The van der Waals surface area contributed by atoms with Gasteiger partial charge >= 0.3 is 0 Å². The lowest BCUT2D eigenvalue weighted by Gasteiger charge is -2.11. The number of halogens is 1. The summed E-state index contributed by atoms with van der Waals surface area (Å²) in [5.41, 5.74) is 3.63. The second-order valence-corrected chi connectivity index (χ2v) is 5.75. The molecule has 0 aliphatic heterocycles. The Kier molecular flexibility index (Phi) is 4.96. The zero-order valence-corrected chi connectivity index (χ0v) is 13.9. The van der Waals surface area contributed by atoms with Gasteiger partial charge in [-0.3, -0.25) is 4.79 Å². The highest BCUT2D eigenvalue weighted by Gasteiger charge is 2.10. The summed E-state index contributed by atoms with van der Waals surface area (Å²) in [6.45, 7) is 6.79. The highest BCUT2D eigenvalue weighted by atomic mass is 79.9. The van der Waals surface area contributed by atoms with E-state index in [0.717, 1.165) is 27.8 Å². The molecule has 0 radical (unpaired) electrons. The van der Waals surface area contributed by atoms with Crippen LogP contribution in [0.15, 0.2) is 34.9 Å². The topological polar surface area (TPSA) is 54.0 Å². The Bertz CT molecular complexity index is 671. The van der Waals surface area contributed by atoms with Gasteiger partial charge in [0.2, 0.25) is 0 Å². The van der Waals surface area contributed by atoms with Crippen LogP contribution in [0, 0.1) is 13.8 Å². The number of hydrogen-bond donors (Lipinski definition) is 2. The second kappa shape index (κ2) is 6.72. The van der Waals surface area contributed by atoms with Crippen molar-refractivity contribution in [1.29, 1.82) is 0 Å². The first-order chi connectivity index (χ1) is 10.0. The van der Waals surface area contributed by atoms with E-state index < -0.39 is 0 Å². The van der Waals surface area contributed by atoms with Crippen LogP contribution in [0.5, 0.6) is 0 Å². The minimum Gasteiger partial charge on any atom is -0.385 e. The van der Waals surface area contributed by atoms with Crippen LogP contribution in [0.25, 0.3) is 0 Å². The molecule has 2 aromatic rings. The summed E-state index contributed by atoms with van der Waals surface area (Å²) in [4.78, 5) is 16.5. The van der Waals surface area contributed by atoms with Gasteiger partial charge in [0.1, 0.15) is 5.82 Å². The van der Waals surface area contributed by atoms with E-state index in [-0.39, 0.29) is 5.91 Å². The van der Waals surface area contributed by atoms with E-state index in [4.69, 9.17) is 0 Å². The molecule has 0 saturated heterocycles. The Balaban J connectivity index is 2.18. The maximum atomic E-state index is 12.3. The van der Waals surface area contributed by atoms with Crippen LogP contribution in [0.3, 0.4) is 0 Å². The molecule has 5 heteroatoms. The van der Waals surface area contributed by atoms with Crippen LogP contribution in [0.2, 0.25) is 0 Å². The first-order valence-electron chi connectivity index (χ1n) is 6.79. The molecule has 1 heterocycles. The summed E-state index contributed by atoms with van der Waals surface area (Å²) in [6.07, 6.45) is 1.67. The van der Waals surface area contributed by atoms with E-state index >= 15 is 0 Å². The van der Waals surface area contributed by atoms with Crippen LogP contribution < -0.4 is 10.6 Å². The zero-order chi connectivity index (χ0) is 15.4. The molecule has 110 valence electrons. The molecule has 1 aromatic heterocycles. The molecule has 0 aliphatic rings. The van der Waals surface area contributed by atoms with Gasteiger partial charge in [-0.15, -0.1) is 0 Å². The second-order valence-electron chi connectivity index (χ2n) is 4.83. The lowest BCUT2D eigenvalue weighted by atomic mass is 10.1. The monoisotopic (exact) mass is 347 g/mol. The highest BCUT2D eigenvalue weighted by molar-refractivity contribution is 9.10. The van der Waals surface area contributed by atoms with Crippen molar-refractivity contribution in [3.05, 3.63) is 51.6 Å². The number of pyridine rings is 1. The van der Waals surface area contributed by atoms with Crippen molar-refractivity contribution in [3.63, 3.8) is 0 Å². The van der Waals surface area contributed by atoms with E-state index in [9.17, 15) is 4.79 Å². The number of rotatable bonds is 4. The average molecular weight is 348 g/mol. The van der Waals surface area contributed by atoms with E-state index in [1.807, 2.05) is 45.0 Å². The van der Waals surface area contributed by atoms with Crippen molar-refractivity contribution < 1.29 is 4.79 Å². The summed E-state index contributed by atoms with van der Waals surface area (Å²) in [5, 5.41) is 6.10. The number of nitrogens with zero attached hydrogens (tertiary/aromatic N) is 1. The van der Waals surface area contributed by atoms with E-state index in [0.29, 0.717) is 11.4 Å². The number of nitrogens with one attached hydrogen (secondary N) is 2. The molecule has 0 bridgehead atoms. The van der Waals surface area contributed by atoms with Gasteiger partial charge in [-0.2, -0.15) is 0 Å². The quantitative estimate of drug-likeness (QED) is 0.873. The van der Waals surface area contributed by atoms with Crippen molar-refractivity contribution in [2.75, 3.05) is 17.2 Å². The summed E-state index contributed by atoms with van der Waals surface area (Å²) >= 11 is 3.36. The third kappa shape index (κ3) is 3.82. The maximum absolute atomic E-state index is 12.3. The number of amides is 1. The molecule has 0 unspecified atom stereocenters. The molecule has 0 aliphatic carbocycles. The van der Waals surface area contributed by atoms with Gasteiger partial charge in [0.15, 0.2) is 0 Å². The molecule has 1 aromatic carbocycles. The molecule has 0 atom stereocenters. The van der Waals surface area contributed by atoms with Crippen LogP contribution in [0.1, 0.15) is 28.4 Å². The smallest absolute Gasteiger partial charge is 0.256 e. The minimum absolute atomic E-state index is 0.154. The molecular weight excluding hydrogens is 330 g/mol. The van der Waals surface area contributed by atoms with Gasteiger partial charge in [-0.1, -0.05) is 0 Å². The number of carbonyl (C=O) groups excluding carboxylic acids is 1. The van der Waals surface area contributed by atoms with Gasteiger partial charge in [0.05, 0.1) is 0 Å². The fourth-order valence-electron chi connectivity index (χ4n) is 2.04. The van der Waals surface area contributed by atoms with Crippen LogP contribution in [-0.4, -0.2) is 17.4 Å². The number of anilines is 2. The molecular formula is C16H18BrN3O. The lowest BCUT2D eigenvalue weighted by molar-refractivity contribution is 0.102. The van der Waals surface area contributed by atoms with Crippen molar-refractivity contribution in [2.24, 2.45) is 0 Å². The molecule has 2 N–H and O–H groups in total. The summed E-state index contributed by atoms with van der Waals surface area (Å²) in [6, 6.07) is 7.54. The Labute approximate surface area is 133 Å². The highest BCUT2D eigenvalue weighted by Crippen LogP contribution is 2.19. The summed E-state index contributed by atoms with van der Waals surface area (Å²) < 4.78 is 0.892. The van der Waals surface area contributed by atoms with Gasteiger partial charge < -0.3 is 10.6 Å². The first-order valence-corrected chi connectivity index (χ1v) is 7.58. The van der Waals surface area contributed by atoms with Crippen molar-refractivity contribution in [1.82, 2.24) is 4.98 Å². The van der Waals surface area contributed by atoms with Crippen LogP contribution in [0.4, 0.5) is 11.5 Å². The normalized spacial score (nSPS) is 10.3. The Morgan fingerprint density at radius 2 is 2.00 bits per heavy atom. The molecule has 1 amide bonds. The van der Waals surface area contributed by atoms with Crippen LogP contribution in [-0.2, 0) is 0 Å². The largest absolute Gasteiger partial charge is 0.385 e. The Morgan fingerprint density at radius 1 is 1.24 bits per heavy atom. The van der Waals surface area contributed by atoms with E-state index in [1.54, 1.807) is 6.20 Å². The van der Waals surface area contributed by atoms with E-state index in [2.05, 4.69) is 31.5 Å². The van der Waals surface area contributed by atoms with Crippen molar-refractivity contribution in [3.8, 4) is 0 Å². The predicted octanol–water partition coefficient (Wildman–Crippen LogP) is 4.15. The number of benzene rings is 1. The van der Waals surface area contributed by atoms with Gasteiger partial charge in [0.25, 0.3) is 5.91 Å². The maximum Gasteiger partial charge on any atom is 0.256 e. The zero-order valence-electron chi connectivity index (χ0n) is 12.3. The molecule has 21 heavy (non-hydrogen) atoms. The molecule has 0 spiro atoms. The fraction of sp³-hybridized carbons (Fsp3) is 0.250. The number of aromatic nitrogens is 1. The van der Waals surface area contributed by atoms with Crippen molar-refractivity contribution in [2.45, 2.75) is 20.8 Å². The van der Waals surface area contributed by atoms with E-state index in [1.165, 1.54) is 0 Å². The first kappa shape index (κ1) is 15.5. The third-order valence-corrected chi connectivity index (χ3v) is 3.57. The van der Waals surface area contributed by atoms with Gasteiger partial charge in [-0.05, 0) is 72.1 Å². The van der Waals surface area contributed by atoms with Gasteiger partial charge in [0, 0.05) is 28.5 Å². The lowest BCUT2D eigenvalue weighted by Crippen LogP contribution is -2.14. The Hall–Kier alpha value is -1.88. The Morgan fingerprint density at radius 3 is 2.62 bits per heavy atom. The fourth-order valence-corrected chi connectivity index (χ4v) is 2.49.